The summed E-state index contributed by atoms with van der Waals surface area (Å²) < 4.78 is 1.72. The van der Waals surface area contributed by atoms with Gasteiger partial charge < -0.3 is 9.88 Å². The van der Waals surface area contributed by atoms with Gasteiger partial charge in [-0.05, 0) is 49.1 Å². The predicted molar refractivity (Wildman–Crippen MR) is 114 cm³/mol. The molecule has 6 heteroatoms. The van der Waals surface area contributed by atoms with Gasteiger partial charge in [0.1, 0.15) is 12.7 Å². The Labute approximate surface area is 170 Å². The second-order valence-corrected chi connectivity index (χ2v) is 7.33. The van der Waals surface area contributed by atoms with Crippen molar-refractivity contribution in [1.29, 1.82) is 0 Å². The largest absolute Gasteiger partial charge is 0.361 e. The van der Waals surface area contributed by atoms with Gasteiger partial charge >= 0.3 is 0 Å². The molecule has 2 aromatic heterocycles. The lowest BCUT2D eigenvalue weighted by Gasteiger charge is -2.25. The third-order valence-electron chi connectivity index (χ3n) is 5.54. The molecule has 29 heavy (non-hydrogen) atoms. The Kier molecular flexibility index (Phi) is 5.42. The number of amides is 1. The zero-order valence-electron chi connectivity index (χ0n) is 16.7. The highest BCUT2D eigenvalue weighted by Crippen LogP contribution is 2.23. The summed E-state index contributed by atoms with van der Waals surface area (Å²) in [6, 6.07) is 16.4. The molecule has 4 aromatic rings. The number of hydrogen-bond acceptors (Lipinski definition) is 3. The van der Waals surface area contributed by atoms with E-state index >= 15 is 0 Å². The van der Waals surface area contributed by atoms with Gasteiger partial charge in [-0.2, -0.15) is 5.10 Å². The fourth-order valence-electron chi connectivity index (χ4n) is 3.63. The van der Waals surface area contributed by atoms with Crippen molar-refractivity contribution in [3.05, 3.63) is 78.5 Å². The molecule has 0 saturated carbocycles. The van der Waals surface area contributed by atoms with Crippen molar-refractivity contribution in [2.75, 3.05) is 7.05 Å². The maximum absolute atomic E-state index is 12.7. The molecule has 1 N–H and O–H groups in total. The highest BCUT2D eigenvalue weighted by Gasteiger charge is 2.17. The summed E-state index contributed by atoms with van der Waals surface area (Å²) in [6.45, 7) is 2.06. The van der Waals surface area contributed by atoms with Crippen LogP contribution in [0.15, 0.2) is 67.4 Å². The van der Waals surface area contributed by atoms with E-state index in [0.29, 0.717) is 6.42 Å². The molecule has 0 bridgehead atoms. The minimum Gasteiger partial charge on any atom is -0.361 e. The van der Waals surface area contributed by atoms with Gasteiger partial charge in [-0.3, -0.25) is 4.79 Å². The molecule has 4 rings (SSSR count). The number of H-pyrrole nitrogens is 1. The molecule has 0 aliphatic heterocycles. The first-order valence-electron chi connectivity index (χ1n) is 9.89. The van der Waals surface area contributed by atoms with Crippen LogP contribution in [0, 0.1) is 0 Å². The third kappa shape index (κ3) is 4.06. The Morgan fingerprint density at radius 1 is 1.17 bits per heavy atom. The zero-order chi connectivity index (χ0) is 20.2. The smallest absolute Gasteiger partial charge is 0.222 e. The van der Waals surface area contributed by atoms with Crippen LogP contribution in [-0.2, 0) is 11.2 Å². The lowest BCUT2D eigenvalue weighted by atomic mass is 10.0. The number of carbonyl (C=O) groups excluding carboxylic acids is 1. The molecular formula is C23H25N5O. The van der Waals surface area contributed by atoms with Crippen molar-refractivity contribution in [2.45, 2.75) is 32.2 Å². The molecule has 2 aromatic carbocycles. The average Bonchev–Trinajstić information content (AvgIpc) is 3.43. The van der Waals surface area contributed by atoms with E-state index in [-0.39, 0.29) is 11.9 Å². The summed E-state index contributed by atoms with van der Waals surface area (Å²) in [4.78, 5) is 21.8. The van der Waals surface area contributed by atoms with Crippen LogP contribution in [0.2, 0.25) is 0 Å². The molecule has 0 spiro atoms. The number of aromatic amines is 1. The molecule has 1 atom stereocenters. The normalized spacial score (nSPS) is 12.2. The number of fused-ring (bicyclic) bond motifs is 1. The first-order valence-corrected chi connectivity index (χ1v) is 9.89. The number of para-hydroxylation sites is 1. The summed E-state index contributed by atoms with van der Waals surface area (Å²) >= 11 is 0. The molecule has 2 heterocycles. The van der Waals surface area contributed by atoms with E-state index in [1.165, 1.54) is 17.3 Å². The van der Waals surface area contributed by atoms with Crippen molar-refractivity contribution in [3.8, 4) is 5.69 Å². The topological polar surface area (TPSA) is 66.8 Å². The van der Waals surface area contributed by atoms with E-state index < -0.39 is 0 Å². The fourth-order valence-corrected chi connectivity index (χ4v) is 3.63. The molecule has 148 valence electrons. The van der Waals surface area contributed by atoms with Gasteiger partial charge in [-0.25, -0.2) is 9.67 Å². The first-order chi connectivity index (χ1) is 14.1. The minimum atomic E-state index is 0.0142. The van der Waals surface area contributed by atoms with Gasteiger partial charge in [0, 0.05) is 30.6 Å². The maximum atomic E-state index is 12.7. The number of carbonyl (C=O) groups is 1. The molecular weight excluding hydrogens is 362 g/mol. The van der Waals surface area contributed by atoms with Crippen molar-refractivity contribution >= 4 is 16.8 Å². The Hall–Kier alpha value is -3.41. The minimum absolute atomic E-state index is 0.0142. The molecule has 0 aliphatic carbocycles. The lowest BCUT2D eigenvalue weighted by Crippen LogP contribution is -2.29. The average molecular weight is 387 g/mol. The van der Waals surface area contributed by atoms with E-state index in [4.69, 9.17) is 0 Å². The highest BCUT2D eigenvalue weighted by atomic mass is 16.2. The van der Waals surface area contributed by atoms with Gasteiger partial charge in [-0.1, -0.05) is 30.3 Å². The summed E-state index contributed by atoms with van der Waals surface area (Å²) in [6.07, 6.45) is 7.50. The van der Waals surface area contributed by atoms with Crippen LogP contribution in [-0.4, -0.2) is 37.6 Å². The van der Waals surface area contributed by atoms with Gasteiger partial charge in [0.05, 0.1) is 11.7 Å². The maximum Gasteiger partial charge on any atom is 0.222 e. The monoisotopic (exact) mass is 387 g/mol. The second kappa shape index (κ2) is 8.31. The van der Waals surface area contributed by atoms with Crippen molar-refractivity contribution < 1.29 is 4.79 Å². The molecule has 0 saturated heterocycles. The van der Waals surface area contributed by atoms with Crippen LogP contribution >= 0.6 is 0 Å². The third-order valence-corrected chi connectivity index (χ3v) is 5.54. The summed E-state index contributed by atoms with van der Waals surface area (Å²) in [5.74, 6) is 0.165. The SMILES string of the molecule is CC(c1ccc(-n2cncn2)cc1)N(C)C(=O)CCCc1c[nH]c2ccccc12. The molecule has 0 aliphatic rings. The summed E-state index contributed by atoms with van der Waals surface area (Å²) in [7, 11) is 1.88. The van der Waals surface area contributed by atoms with Crippen LogP contribution in [0.3, 0.4) is 0 Å². The van der Waals surface area contributed by atoms with E-state index in [0.717, 1.165) is 29.6 Å². The number of nitrogens with one attached hydrogen (secondary N) is 1. The molecule has 0 radical (unpaired) electrons. The van der Waals surface area contributed by atoms with Crippen LogP contribution in [0.5, 0.6) is 0 Å². The van der Waals surface area contributed by atoms with E-state index in [1.54, 1.807) is 11.0 Å². The number of aryl methyl sites for hydroxylation is 1. The predicted octanol–water partition coefficient (Wildman–Crippen LogP) is 4.29. The van der Waals surface area contributed by atoms with E-state index in [9.17, 15) is 4.79 Å². The summed E-state index contributed by atoms with van der Waals surface area (Å²) in [5.41, 5.74) is 4.47. The van der Waals surface area contributed by atoms with E-state index in [2.05, 4.69) is 46.4 Å². The number of hydrogen-bond donors (Lipinski definition) is 1. The van der Waals surface area contributed by atoms with Gasteiger partial charge in [0.2, 0.25) is 5.91 Å². The quantitative estimate of drug-likeness (QED) is 0.514. The van der Waals surface area contributed by atoms with Crippen LogP contribution in [0.1, 0.15) is 36.9 Å². The number of benzene rings is 2. The lowest BCUT2D eigenvalue weighted by molar-refractivity contribution is -0.131. The van der Waals surface area contributed by atoms with Crippen molar-refractivity contribution in [2.24, 2.45) is 0 Å². The van der Waals surface area contributed by atoms with Crippen molar-refractivity contribution in [3.63, 3.8) is 0 Å². The fraction of sp³-hybridized carbons (Fsp3) is 0.261. The van der Waals surface area contributed by atoms with Crippen LogP contribution in [0.4, 0.5) is 0 Å². The summed E-state index contributed by atoms with van der Waals surface area (Å²) in [5, 5.41) is 5.38. The Balaban J connectivity index is 1.33. The first kappa shape index (κ1) is 18.9. The van der Waals surface area contributed by atoms with Gasteiger partial charge in [-0.15, -0.1) is 0 Å². The highest BCUT2D eigenvalue weighted by molar-refractivity contribution is 5.83. The number of aromatic nitrogens is 4. The number of nitrogens with zero attached hydrogens (tertiary/aromatic N) is 4. The molecule has 0 fully saturated rings. The standard InChI is InChI=1S/C23H25N5O/c1-17(18-10-12-20(13-11-18)28-16-24-15-26-28)27(2)23(29)9-5-6-19-14-25-22-8-4-3-7-21(19)22/h3-4,7-8,10-17,25H,5-6,9H2,1-2H3. The van der Waals surface area contributed by atoms with Gasteiger partial charge in [0.15, 0.2) is 0 Å². The molecule has 1 amide bonds. The van der Waals surface area contributed by atoms with Crippen LogP contribution in [0.25, 0.3) is 16.6 Å². The molecule has 6 nitrogen and oxygen atoms in total. The Morgan fingerprint density at radius 2 is 1.97 bits per heavy atom. The van der Waals surface area contributed by atoms with Gasteiger partial charge in [0.25, 0.3) is 0 Å². The Morgan fingerprint density at radius 3 is 2.72 bits per heavy atom. The second-order valence-electron chi connectivity index (χ2n) is 7.33. The van der Waals surface area contributed by atoms with E-state index in [1.807, 2.05) is 42.3 Å². The zero-order valence-corrected chi connectivity index (χ0v) is 16.7. The van der Waals surface area contributed by atoms with Crippen molar-refractivity contribution in [1.82, 2.24) is 24.6 Å². The number of rotatable bonds is 7. The van der Waals surface area contributed by atoms with Crippen LogP contribution < -0.4 is 0 Å². The Bertz CT molecular complexity index is 1080. The molecule has 1 unspecified atom stereocenters.